The van der Waals surface area contributed by atoms with Crippen molar-refractivity contribution in [2.45, 2.75) is 20.3 Å². The maximum Gasteiger partial charge on any atom is 0.344 e. The van der Waals surface area contributed by atoms with Gasteiger partial charge in [0, 0.05) is 0 Å². The molecule has 0 fully saturated rings. The van der Waals surface area contributed by atoms with Gasteiger partial charge in [0.1, 0.15) is 22.1 Å². The minimum absolute atomic E-state index is 0.0557. The van der Waals surface area contributed by atoms with Gasteiger partial charge in [-0.1, -0.05) is 43.0 Å². The number of para-hydroxylation sites is 1. The zero-order chi connectivity index (χ0) is 20.3. The van der Waals surface area contributed by atoms with Crippen molar-refractivity contribution in [1.82, 2.24) is 0 Å². The Morgan fingerprint density at radius 3 is 2.64 bits per heavy atom. The maximum atomic E-state index is 12.3. The van der Waals surface area contributed by atoms with Crippen molar-refractivity contribution in [3.8, 4) is 5.75 Å². The fraction of sp³-hybridized carbons (Fsp3) is 0.182. The van der Waals surface area contributed by atoms with Crippen molar-refractivity contribution in [1.29, 1.82) is 0 Å². The summed E-state index contributed by atoms with van der Waals surface area (Å²) in [6.07, 6.45) is 2.56. The average Bonchev–Trinajstić information content (AvgIpc) is 2.99. The van der Waals surface area contributed by atoms with Crippen LogP contribution in [0.3, 0.4) is 0 Å². The van der Waals surface area contributed by atoms with Crippen LogP contribution in [0.25, 0.3) is 6.08 Å². The number of nitrogens with zero attached hydrogens (tertiary/aromatic N) is 1. The average molecular weight is 395 g/mol. The van der Waals surface area contributed by atoms with Gasteiger partial charge in [-0.2, -0.15) is 0 Å². The van der Waals surface area contributed by atoms with E-state index in [9.17, 15) is 15.0 Å². The molecule has 0 aromatic heterocycles. The number of aliphatic hydroxyl groups is 1. The molecule has 1 aliphatic rings. The van der Waals surface area contributed by atoms with Crippen molar-refractivity contribution < 1.29 is 19.7 Å². The van der Waals surface area contributed by atoms with E-state index in [2.05, 4.69) is 4.99 Å². The zero-order valence-electron chi connectivity index (χ0n) is 15.9. The Labute approximate surface area is 168 Å². The third kappa shape index (κ3) is 3.97. The van der Waals surface area contributed by atoms with E-state index < -0.39 is 5.97 Å². The normalized spacial score (nSPS) is 16.8. The summed E-state index contributed by atoms with van der Waals surface area (Å²) in [6.45, 7) is 3.83. The smallest absolute Gasteiger partial charge is 0.344 e. The molecule has 2 N–H and O–H groups in total. The molecular weight excluding hydrogens is 374 g/mol. The summed E-state index contributed by atoms with van der Waals surface area (Å²) in [4.78, 5) is 17.4. The largest absolute Gasteiger partial charge is 0.508 e. The molecule has 0 aliphatic carbocycles. The predicted octanol–water partition coefficient (Wildman–Crippen LogP) is 5.07. The Morgan fingerprint density at radius 2 is 1.96 bits per heavy atom. The molecule has 0 spiro atoms. The van der Waals surface area contributed by atoms with Crippen LogP contribution >= 0.6 is 11.8 Å². The topological polar surface area (TPSA) is 79.1 Å². The first-order valence-corrected chi connectivity index (χ1v) is 9.64. The molecule has 0 bridgehead atoms. The maximum absolute atomic E-state index is 12.3. The second kappa shape index (κ2) is 8.35. The molecule has 0 atom stereocenters. The molecule has 6 heteroatoms. The molecule has 28 heavy (non-hydrogen) atoms. The number of phenolic OH excluding ortho intramolecular Hbond substituents is 1. The number of hydrogen-bond donors (Lipinski definition) is 2. The number of rotatable bonds is 4. The molecule has 0 unspecified atom stereocenters. The lowest BCUT2D eigenvalue weighted by molar-refractivity contribution is -0.135. The third-order valence-corrected chi connectivity index (χ3v) is 5.41. The van der Waals surface area contributed by atoms with Crippen LogP contribution in [0.1, 0.15) is 23.6 Å². The Bertz CT molecular complexity index is 1020. The molecule has 0 saturated carbocycles. The second-order valence-corrected chi connectivity index (χ2v) is 7.30. The molecule has 1 aliphatic heterocycles. The molecule has 2 aromatic rings. The summed E-state index contributed by atoms with van der Waals surface area (Å²) < 4.78 is 4.85. The number of esters is 1. The predicted molar refractivity (Wildman–Crippen MR) is 113 cm³/mol. The van der Waals surface area contributed by atoms with Crippen LogP contribution in [0, 0.1) is 6.92 Å². The van der Waals surface area contributed by atoms with E-state index in [-0.39, 0.29) is 17.1 Å². The van der Waals surface area contributed by atoms with E-state index >= 15 is 0 Å². The molecule has 144 valence electrons. The number of thioether (sulfide) groups is 1. The summed E-state index contributed by atoms with van der Waals surface area (Å²) >= 11 is 1.21. The van der Waals surface area contributed by atoms with Crippen molar-refractivity contribution in [2.75, 3.05) is 7.11 Å². The minimum Gasteiger partial charge on any atom is -0.508 e. The summed E-state index contributed by atoms with van der Waals surface area (Å²) in [6, 6.07) is 12.8. The van der Waals surface area contributed by atoms with Gasteiger partial charge in [0.25, 0.3) is 0 Å². The monoisotopic (exact) mass is 395 g/mol. The molecular formula is C22H21NO4S. The van der Waals surface area contributed by atoms with Gasteiger partial charge in [-0.25, -0.2) is 9.79 Å². The molecule has 0 saturated heterocycles. The van der Waals surface area contributed by atoms with E-state index in [1.165, 1.54) is 18.9 Å². The Balaban J connectivity index is 2.07. The highest BCUT2D eigenvalue weighted by Crippen LogP contribution is 2.40. The number of aromatic hydroxyl groups is 1. The van der Waals surface area contributed by atoms with Gasteiger partial charge in [-0.05, 0) is 54.3 Å². The highest BCUT2D eigenvalue weighted by atomic mass is 32.2. The number of aliphatic hydroxyl groups excluding tert-OH is 1. The number of benzene rings is 2. The van der Waals surface area contributed by atoms with Crippen LogP contribution in [0.15, 0.2) is 63.7 Å². The fourth-order valence-corrected chi connectivity index (χ4v) is 3.87. The second-order valence-electron chi connectivity index (χ2n) is 6.27. The zero-order valence-corrected chi connectivity index (χ0v) is 16.7. The first-order valence-electron chi connectivity index (χ1n) is 8.82. The van der Waals surface area contributed by atoms with E-state index in [0.717, 1.165) is 28.8 Å². The number of phenols is 1. The lowest BCUT2D eigenvalue weighted by Gasteiger charge is -2.05. The summed E-state index contributed by atoms with van der Waals surface area (Å²) in [5.74, 6) is -0.590. The van der Waals surface area contributed by atoms with Gasteiger partial charge in [0.15, 0.2) is 0 Å². The van der Waals surface area contributed by atoms with E-state index in [1.54, 1.807) is 31.2 Å². The first kappa shape index (κ1) is 19.8. The van der Waals surface area contributed by atoms with Crippen molar-refractivity contribution in [2.24, 2.45) is 4.99 Å². The number of hydrogen-bond acceptors (Lipinski definition) is 6. The SMILES string of the molecule is CCc1ccccc1N=C1S/C(=C/c2ccc(O)c(C)c2)C(O)=C1C(=O)OC. The first-order chi connectivity index (χ1) is 13.4. The van der Waals surface area contributed by atoms with E-state index in [1.807, 2.05) is 31.2 Å². The van der Waals surface area contributed by atoms with Gasteiger partial charge >= 0.3 is 5.97 Å². The fourth-order valence-electron chi connectivity index (χ4n) is 2.84. The highest BCUT2D eigenvalue weighted by Gasteiger charge is 2.33. The van der Waals surface area contributed by atoms with E-state index in [4.69, 9.17) is 4.74 Å². The number of carbonyl (C=O) groups excluding carboxylic acids is 1. The number of methoxy groups -OCH3 is 1. The van der Waals surface area contributed by atoms with Gasteiger partial charge in [-0.15, -0.1) is 0 Å². The molecule has 5 nitrogen and oxygen atoms in total. The van der Waals surface area contributed by atoms with Crippen molar-refractivity contribution in [3.63, 3.8) is 0 Å². The van der Waals surface area contributed by atoms with Gasteiger partial charge in [0.05, 0.1) is 17.7 Å². The van der Waals surface area contributed by atoms with Crippen LogP contribution in [0.2, 0.25) is 0 Å². The van der Waals surface area contributed by atoms with E-state index in [0.29, 0.717) is 9.95 Å². The number of ether oxygens (including phenoxy) is 1. The molecule has 0 amide bonds. The van der Waals surface area contributed by atoms with Gasteiger partial charge in [0.2, 0.25) is 0 Å². The van der Waals surface area contributed by atoms with Crippen LogP contribution in [0.4, 0.5) is 5.69 Å². The summed E-state index contributed by atoms with van der Waals surface area (Å²) in [7, 11) is 1.27. The Morgan fingerprint density at radius 1 is 1.21 bits per heavy atom. The Kier molecular flexibility index (Phi) is 5.90. The lowest BCUT2D eigenvalue weighted by atomic mass is 10.1. The summed E-state index contributed by atoms with van der Waals surface area (Å²) in [5.41, 5.74) is 3.37. The van der Waals surface area contributed by atoms with Crippen LogP contribution in [-0.4, -0.2) is 28.3 Å². The van der Waals surface area contributed by atoms with Crippen LogP contribution in [0.5, 0.6) is 5.75 Å². The lowest BCUT2D eigenvalue weighted by Crippen LogP contribution is -2.10. The van der Waals surface area contributed by atoms with Gasteiger partial charge in [-0.3, -0.25) is 0 Å². The third-order valence-electron chi connectivity index (χ3n) is 4.39. The van der Waals surface area contributed by atoms with Crippen molar-refractivity contribution in [3.05, 3.63) is 75.4 Å². The molecule has 0 radical (unpaired) electrons. The highest BCUT2D eigenvalue weighted by molar-refractivity contribution is 8.18. The molecule has 3 rings (SSSR count). The van der Waals surface area contributed by atoms with Crippen LogP contribution < -0.4 is 0 Å². The number of aliphatic imine (C=N–C) groups is 1. The van der Waals surface area contributed by atoms with Crippen LogP contribution in [-0.2, 0) is 16.0 Å². The van der Waals surface area contributed by atoms with Crippen molar-refractivity contribution >= 4 is 34.5 Å². The standard InChI is InChI=1S/C22H21NO4S/c1-4-15-7-5-6-8-16(15)23-21-19(22(26)27-3)20(25)18(28-21)12-14-9-10-17(24)13(2)11-14/h5-12,24-25H,4H2,1-3H3/b18-12+,23-21?. The number of aryl methyl sites for hydroxylation is 2. The van der Waals surface area contributed by atoms with Gasteiger partial charge < -0.3 is 14.9 Å². The summed E-state index contributed by atoms with van der Waals surface area (Å²) in [5, 5.41) is 20.8. The molecule has 1 heterocycles. The Hall–Kier alpha value is -2.99. The minimum atomic E-state index is -0.636. The molecule has 2 aromatic carbocycles. The number of carbonyl (C=O) groups is 1. The quantitative estimate of drug-likeness (QED) is 0.707.